The number of anilines is 2. The van der Waals surface area contributed by atoms with Crippen LogP contribution in [0.1, 0.15) is 23.5 Å². The van der Waals surface area contributed by atoms with Crippen LogP contribution >= 0.6 is 23.8 Å². The van der Waals surface area contributed by atoms with Crippen molar-refractivity contribution in [2.45, 2.75) is 12.1 Å². The average molecular weight is 443 g/mol. The number of pyridine rings is 1. The number of carbonyl (C=O) groups excluding carboxylic acids is 1. The Morgan fingerprint density at radius 3 is 2.87 bits per heavy atom. The van der Waals surface area contributed by atoms with E-state index < -0.39 is 0 Å². The van der Waals surface area contributed by atoms with Crippen LogP contribution in [0, 0.1) is 0 Å². The quantitative estimate of drug-likeness (QED) is 0.556. The highest BCUT2D eigenvalue weighted by Gasteiger charge is 2.42. The van der Waals surface area contributed by atoms with Crippen molar-refractivity contribution in [3.05, 3.63) is 77.5 Å². The molecule has 1 fully saturated rings. The van der Waals surface area contributed by atoms with Gasteiger partial charge in [-0.2, -0.15) is 0 Å². The Morgan fingerprint density at radius 1 is 1.33 bits per heavy atom. The first kappa shape index (κ1) is 20.3. The molecule has 30 heavy (non-hydrogen) atoms. The van der Waals surface area contributed by atoms with Gasteiger partial charge in [0.05, 0.1) is 28.7 Å². The third kappa shape index (κ3) is 4.02. The topological polar surface area (TPSA) is 79.6 Å². The van der Waals surface area contributed by atoms with E-state index in [0.29, 0.717) is 15.8 Å². The third-order valence-electron chi connectivity index (χ3n) is 4.71. The van der Waals surface area contributed by atoms with Gasteiger partial charge < -0.3 is 24.7 Å². The van der Waals surface area contributed by atoms with E-state index in [9.17, 15) is 4.79 Å². The van der Waals surface area contributed by atoms with Crippen molar-refractivity contribution in [2.75, 3.05) is 23.9 Å². The normalized spacial score (nSPS) is 18.3. The number of hydrogen-bond donors (Lipinski definition) is 2. The van der Waals surface area contributed by atoms with Gasteiger partial charge in [0, 0.05) is 19.0 Å². The molecule has 2 atom stereocenters. The SMILES string of the molecule is COCC(=O)Nc1ccc(N2C(=S)N[C@@H](c3ccccn3)[C@@H]2c2ccco2)cc1Cl. The number of furan rings is 1. The number of ether oxygens (including phenoxy) is 1. The van der Waals surface area contributed by atoms with Crippen molar-refractivity contribution in [1.29, 1.82) is 0 Å². The van der Waals surface area contributed by atoms with E-state index in [1.54, 1.807) is 24.6 Å². The number of thiocarbonyl (C=S) groups is 1. The van der Waals surface area contributed by atoms with Crippen LogP contribution in [-0.2, 0) is 9.53 Å². The molecule has 154 valence electrons. The smallest absolute Gasteiger partial charge is 0.250 e. The lowest BCUT2D eigenvalue weighted by Crippen LogP contribution is -2.29. The van der Waals surface area contributed by atoms with Crippen molar-refractivity contribution in [3.8, 4) is 0 Å². The van der Waals surface area contributed by atoms with Crippen molar-refractivity contribution in [2.24, 2.45) is 0 Å². The minimum absolute atomic E-state index is 0.0511. The molecule has 1 saturated heterocycles. The number of aromatic nitrogens is 1. The first-order chi connectivity index (χ1) is 14.6. The second-order valence-electron chi connectivity index (χ2n) is 6.66. The highest BCUT2D eigenvalue weighted by Crippen LogP contribution is 2.42. The summed E-state index contributed by atoms with van der Waals surface area (Å²) in [6.45, 7) is -0.0511. The van der Waals surface area contributed by atoms with Crippen molar-refractivity contribution < 1.29 is 13.9 Å². The summed E-state index contributed by atoms with van der Waals surface area (Å²) in [5.74, 6) is 0.459. The molecule has 0 saturated carbocycles. The summed E-state index contributed by atoms with van der Waals surface area (Å²) in [7, 11) is 1.46. The molecule has 0 spiro atoms. The number of amides is 1. The zero-order valence-electron chi connectivity index (χ0n) is 16.0. The first-order valence-electron chi connectivity index (χ1n) is 9.21. The monoisotopic (exact) mass is 442 g/mol. The van der Waals surface area contributed by atoms with E-state index in [-0.39, 0.29) is 24.6 Å². The Bertz CT molecular complexity index is 1050. The van der Waals surface area contributed by atoms with Gasteiger partial charge in [-0.05, 0) is 54.7 Å². The highest BCUT2D eigenvalue weighted by molar-refractivity contribution is 7.80. The van der Waals surface area contributed by atoms with Crippen LogP contribution in [0.2, 0.25) is 5.02 Å². The van der Waals surface area contributed by atoms with Gasteiger partial charge >= 0.3 is 0 Å². The lowest BCUT2D eigenvalue weighted by molar-refractivity contribution is -0.119. The fourth-order valence-corrected chi connectivity index (χ4v) is 4.02. The van der Waals surface area contributed by atoms with Gasteiger partial charge in [0.2, 0.25) is 5.91 Å². The maximum Gasteiger partial charge on any atom is 0.250 e. The van der Waals surface area contributed by atoms with Crippen LogP contribution in [0.15, 0.2) is 65.4 Å². The number of halogens is 1. The molecule has 7 nitrogen and oxygen atoms in total. The number of methoxy groups -OCH3 is 1. The summed E-state index contributed by atoms with van der Waals surface area (Å²) < 4.78 is 10.6. The molecule has 1 amide bonds. The number of hydrogen-bond acceptors (Lipinski definition) is 5. The summed E-state index contributed by atoms with van der Waals surface area (Å²) in [4.78, 5) is 18.2. The van der Waals surface area contributed by atoms with Crippen molar-refractivity contribution in [3.63, 3.8) is 0 Å². The minimum atomic E-state index is -0.283. The fraction of sp³-hybridized carbons (Fsp3) is 0.190. The largest absolute Gasteiger partial charge is 0.467 e. The fourth-order valence-electron chi connectivity index (χ4n) is 3.45. The van der Waals surface area contributed by atoms with Crippen molar-refractivity contribution in [1.82, 2.24) is 10.3 Å². The summed E-state index contributed by atoms with van der Waals surface area (Å²) >= 11 is 12.1. The van der Waals surface area contributed by atoms with Crippen LogP contribution < -0.4 is 15.5 Å². The van der Waals surface area contributed by atoms with Crippen LogP contribution in [0.3, 0.4) is 0 Å². The number of nitrogens with one attached hydrogen (secondary N) is 2. The molecule has 1 aliphatic rings. The Balaban J connectivity index is 1.69. The van der Waals surface area contributed by atoms with Gasteiger partial charge in [-0.3, -0.25) is 9.78 Å². The second-order valence-corrected chi connectivity index (χ2v) is 7.45. The van der Waals surface area contributed by atoms with Gasteiger partial charge in [-0.15, -0.1) is 0 Å². The zero-order valence-corrected chi connectivity index (χ0v) is 17.6. The molecule has 2 N–H and O–H groups in total. The number of nitrogens with zero attached hydrogens (tertiary/aromatic N) is 2. The lowest BCUT2D eigenvalue weighted by atomic mass is 10.0. The molecule has 9 heteroatoms. The molecular weight excluding hydrogens is 424 g/mol. The average Bonchev–Trinajstić information content (AvgIpc) is 3.38. The van der Waals surface area contributed by atoms with E-state index in [1.165, 1.54) is 7.11 Å². The van der Waals surface area contributed by atoms with E-state index in [2.05, 4.69) is 15.6 Å². The Kier molecular flexibility index (Phi) is 5.98. The molecule has 1 aliphatic heterocycles. The van der Waals surface area contributed by atoms with E-state index in [4.69, 9.17) is 33.0 Å². The predicted octanol–water partition coefficient (Wildman–Crippen LogP) is 4.09. The van der Waals surface area contributed by atoms with Gasteiger partial charge in [-0.25, -0.2) is 0 Å². The molecule has 3 heterocycles. The molecule has 2 aromatic heterocycles. The molecule has 0 radical (unpaired) electrons. The van der Waals surface area contributed by atoms with Crippen LogP contribution in [0.25, 0.3) is 0 Å². The van der Waals surface area contributed by atoms with Crippen molar-refractivity contribution >= 4 is 46.2 Å². The molecule has 0 unspecified atom stereocenters. The van der Waals surface area contributed by atoms with Crippen LogP contribution in [0.5, 0.6) is 0 Å². The lowest BCUT2D eigenvalue weighted by Gasteiger charge is -2.26. The Morgan fingerprint density at radius 2 is 2.20 bits per heavy atom. The molecule has 0 bridgehead atoms. The summed E-state index contributed by atoms with van der Waals surface area (Å²) in [5.41, 5.74) is 2.11. The van der Waals surface area contributed by atoms with Crippen LogP contribution in [-0.4, -0.2) is 29.7 Å². The predicted molar refractivity (Wildman–Crippen MR) is 119 cm³/mol. The third-order valence-corrected chi connectivity index (χ3v) is 5.34. The van der Waals surface area contributed by atoms with Gasteiger partial charge in [0.25, 0.3) is 0 Å². The summed E-state index contributed by atoms with van der Waals surface area (Å²) in [6.07, 6.45) is 3.38. The maximum absolute atomic E-state index is 11.8. The number of benzene rings is 1. The molecule has 0 aliphatic carbocycles. The maximum atomic E-state index is 11.8. The molecule has 1 aromatic carbocycles. The molecule has 3 aromatic rings. The minimum Gasteiger partial charge on any atom is -0.467 e. The van der Waals surface area contributed by atoms with Gasteiger partial charge in [0.15, 0.2) is 5.11 Å². The molecule has 4 rings (SSSR count). The number of carbonyl (C=O) groups is 1. The highest BCUT2D eigenvalue weighted by atomic mass is 35.5. The number of rotatable bonds is 6. The summed E-state index contributed by atoms with van der Waals surface area (Å²) in [6, 6.07) is 14.4. The first-order valence-corrected chi connectivity index (χ1v) is 9.99. The van der Waals surface area contributed by atoms with E-state index in [1.807, 2.05) is 41.3 Å². The van der Waals surface area contributed by atoms with E-state index in [0.717, 1.165) is 17.1 Å². The molecular formula is C21H19ClN4O3S. The van der Waals surface area contributed by atoms with Gasteiger partial charge in [-0.1, -0.05) is 17.7 Å². The Hall–Kier alpha value is -2.94. The van der Waals surface area contributed by atoms with Crippen LogP contribution in [0.4, 0.5) is 11.4 Å². The Labute approximate surface area is 184 Å². The van der Waals surface area contributed by atoms with E-state index >= 15 is 0 Å². The second kappa shape index (κ2) is 8.83. The van der Waals surface area contributed by atoms with Gasteiger partial charge in [0.1, 0.15) is 18.4 Å². The zero-order chi connectivity index (χ0) is 21.1. The summed E-state index contributed by atoms with van der Waals surface area (Å²) in [5, 5.41) is 6.98. The standard InChI is InChI=1S/C21H19ClN4O3S/c1-28-12-18(27)24-15-8-7-13(11-14(15)22)26-20(17-6-4-10-29-17)19(25-21(26)30)16-5-2-3-9-23-16/h2-11,19-20H,12H2,1H3,(H,24,27)(H,25,30)/t19-,20-/m0/s1.